The lowest BCUT2D eigenvalue weighted by Crippen LogP contribution is -2.56. The van der Waals surface area contributed by atoms with Gasteiger partial charge in [-0.2, -0.15) is 4.79 Å². The van der Waals surface area contributed by atoms with Crippen LogP contribution in [0.1, 0.15) is 0 Å². The van der Waals surface area contributed by atoms with Crippen molar-refractivity contribution in [2.24, 2.45) is 5.92 Å². The van der Waals surface area contributed by atoms with Crippen LogP contribution < -0.4 is 4.90 Å². The van der Waals surface area contributed by atoms with Crippen molar-refractivity contribution in [1.29, 1.82) is 0 Å². The number of hydrogen-bond donors (Lipinski definition) is 0. The van der Waals surface area contributed by atoms with Crippen molar-refractivity contribution >= 4 is 17.5 Å². The van der Waals surface area contributed by atoms with Crippen LogP contribution in [0, 0.1) is 5.92 Å². The number of carbonyl (C=O) groups is 1. The second kappa shape index (κ2) is 7.93. The molecule has 5 nitrogen and oxygen atoms in total. The number of allylic oxidation sites excluding steroid dienone is 10. The molecule has 3 heterocycles. The topological polar surface area (TPSA) is 41.8 Å². The number of nitrogens with zero attached hydrogens (tertiary/aromatic N) is 2. The first-order valence-corrected chi connectivity index (χ1v) is 13.6. The summed E-state index contributed by atoms with van der Waals surface area (Å²) in [4.78, 5) is 16.1. The lowest BCUT2D eigenvalue weighted by Gasteiger charge is -2.42. The first-order chi connectivity index (χ1) is 19.8. The number of carbonyl (C=O) groups excluding carboxylic acids is 1. The van der Waals surface area contributed by atoms with E-state index < -0.39 is 0 Å². The van der Waals surface area contributed by atoms with E-state index in [1.807, 2.05) is 34.9 Å². The molecule has 0 radical (unpaired) electrons. The van der Waals surface area contributed by atoms with E-state index >= 15 is 0 Å². The van der Waals surface area contributed by atoms with Gasteiger partial charge < -0.3 is 14.4 Å². The first-order valence-electron chi connectivity index (χ1n) is 13.6. The number of ether oxygens (including phenoxy) is 2. The average molecular weight is 520 g/mol. The predicted octanol–water partition coefficient (Wildman–Crippen LogP) is 6.64. The fourth-order valence-corrected chi connectivity index (χ4v) is 6.82. The highest BCUT2D eigenvalue weighted by Crippen LogP contribution is 2.49. The van der Waals surface area contributed by atoms with E-state index in [1.165, 1.54) is 0 Å². The quantitative estimate of drug-likeness (QED) is 0.417. The molecule has 2 aromatic rings. The molecular formula is C35H23N2O3+. The van der Waals surface area contributed by atoms with Gasteiger partial charge in [0, 0.05) is 22.8 Å². The van der Waals surface area contributed by atoms with Gasteiger partial charge in [-0.15, -0.1) is 4.58 Å². The Labute approximate surface area is 231 Å². The van der Waals surface area contributed by atoms with Gasteiger partial charge in [0.05, 0.1) is 11.4 Å². The third-order valence-electron chi connectivity index (χ3n) is 8.52. The summed E-state index contributed by atoms with van der Waals surface area (Å²) < 4.78 is 14.2. The molecule has 0 aromatic heterocycles. The molecule has 0 N–H and O–H groups in total. The van der Waals surface area contributed by atoms with Gasteiger partial charge in [0.15, 0.2) is 0 Å². The highest BCUT2D eigenvalue weighted by molar-refractivity contribution is 6.11. The summed E-state index contributed by atoms with van der Waals surface area (Å²) in [5.41, 5.74) is 9.54. The van der Waals surface area contributed by atoms with Crippen LogP contribution in [0.5, 0.6) is 0 Å². The van der Waals surface area contributed by atoms with E-state index in [9.17, 15) is 4.79 Å². The molecule has 190 valence electrons. The summed E-state index contributed by atoms with van der Waals surface area (Å²) in [7, 11) is 0. The highest BCUT2D eigenvalue weighted by atomic mass is 16.6. The maximum absolute atomic E-state index is 13.7. The Morgan fingerprint density at radius 1 is 0.875 bits per heavy atom. The van der Waals surface area contributed by atoms with Gasteiger partial charge in [-0.05, 0) is 41.5 Å². The number of para-hydroxylation sites is 1. The zero-order chi connectivity index (χ0) is 26.4. The second-order valence-electron chi connectivity index (χ2n) is 10.6. The number of fused-ring (bicyclic) bond motifs is 4. The second-order valence-corrected chi connectivity index (χ2v) is 10.6. The number of hydrogen-bond acceptors (Lipinski definition) is 4. The summed E-state index contributed by atoms with van der Waals surface area (Å²) in [5.74, 6) is 1.33. The van der Waals surface area contributed by atoms with Crippen molar-refractivity contribution in [3.05, 3.63) is 161 Å². The molecule has 0 saturated heterocycles. The average Bonchev–Trinajstić information content (AvgIpc) is 3.36. The first kappa shape index (κ1) is 21.7. The molecule has 5 heteroatoms. The van der Waals surface area contributed by atoms with Gasteiger partial charge in [0.1, 0.15) is 29.2 Å². The van der Waals surface area contributed by atoms with E-state index in [0.29, 0.717) is 5.76 Å². The molecule has 4 aliphatic carbocycles. The Morgan fingerprint density at radius 2 is 1.75 bits per heavy atom. The molecule has 1 amide bonds. The third kappa shape index (κ3) is 2.86. The van der Waals surface area contributed by atoms with Crippen molar-refractivity contribution in [1.82, 2.24) is 0 Å². The van der Waals surface area contributed by atoms with Crippen LogP contribution in [0.4, 0.5) is 10.5 Å². The van der Waals surface area contributed by atoms with Crippen molar-refractivity contribution in [2.75, 3.05) is 4.90 Å². The van der Waals surface area contributed by atoms with Crippen LogP contribution in [0.3, 0.4) is 0 Å². The smallest absolute Gasteiger partial charge is 0.481 e. The largest absolute Gasteiger partial charge is 0.602 e. The number of anilines is 1. The SMILES string of the molecule is O=C1OC2=CC=CC3=CC=C4C(=[N+]1C1C=C5OC6C=CC=CC6=C5C=C1N4c1ccccc1-c1ccccc1)C32. The van der Waals surface area contributed by atoms with E-state index in [2.05, 4.69) is 96.0 Å². The zero-order valence-electron chi connectivity index (χ0n) is 21.4. The van der Waals surface area contributed by atoms with Crippen molar-refractivity contribution in [3.8, 4) is 11.1 Å². The normalized spacial score (nSPS) is 26.4. The molecule has 0 spiro atoms. The molecule has 0 saturated carbocycles. The maximum Gasteiger partial charge on any atom is 0.602 e. The Bertz CT molecular complexity index is 1870. The molecule has 0 bridgehead atoms. The minimum atomic E-state index is -0.386. The molecule has 2 aromatic carbocycles. The number of benzene rings is 2. The van der Waals surface area contributed by atoms with Crippen LogP contribution in [-0.4, -0.2) is 28.5 Å². The number of rotatable bonds is 2. The Balaban J connectivity index is 1.35. The Kier molecular flexibility index (Phi) is 4.31. The van der Waals surface area contributed by atoms with Crippen LogP contribution in [0.2, 0.25) is 0 Å². The van der Waals surface area contributed by atoms with Crippen molar-refractivity contribution in [3.63, 3.8) is 0 Å². The maximum atomic E-state index is 13.7. The van der Waals surface area contributed by atoms with E-state index in [-0.39, 0.29) is 24.2 Å². The molecule has 3 unspecified atom stereocenters. The molecule has 3 atom stereocenters. The van der Waals surface area contributed by atoms with E-state index in [4.69, 9.17) is 9.47 Å². The molecule has 9 rings (SSSR count). The van der Waals surface area contributed by atoms with Crippen molar-refractivity contribution in [2.45, 2.75) is 12.1 Å². The van der Waals surface area contributed by atoms with Gasteiger partial charge in [-0.25, -0.2) is 0 Å². The van der Waals surface area contributed by atoms with Crippen LogP contribution >= 0.6 is 0 Å². The minimum Gasteiger partial charge on any atom is -0.481 e. The Morgan fingerprint density at radius 3 is 2.67 bits per heavy atom. The Hall–Kier alpha value is -5.16. The monoisotopic (exact) mass is 519 g/mol. The number of amides is 1. The van der Waals surface area contributed by atoms with E-state index in [1.54, 1.807) is 0 Å². The van der Waals surface area contributed by atoms with Gasteiger partial charge in [0.2, 0.25) is 11.8 Å². The highest BCUT2D eigenvalue weighted by Gasteiger charge is 2.56. The molecular weight excluding hydrogens is 496 g/mol. The lowest BCUT2D eigenvalue weighted by molar-refractivity contribution is -0.473. The van der Waals surface area contributed by atoms with Crippen LogP contribution in [-0.2, 0) is 9.47 Å². The summed E-state index contributed by atoms with van der Waals surface area (Å²) in [6.07, 6.45) is 22.3. The van der Waals surface area contributed by atoms with Crippen LogP contribution in [0.25, 0.3) is 11.1 Å². The molecule has 7 aliphatic rings. The molecule has 40 heavy (non-hydrogen) atoms. The lowest BCUT2D eigenvalue weighted by atomic mass is 9.79. The fraction of sp³-hybridized carbons (Fsp3) is 0.0857. The summed E-state index contributed by atoms with van der Waals surface area (Å²) >= 11 is 0. The predicted molar refractivity (Wildman–Crippen MR) is 153 cm³/mol. The summed E-state index contributed by atoms with van der Waals surface area (Å²) in [5, 5.41) is 0. The summed E-state index contributed by atoms with van der Waals surface area (Å²) in [6.45, 7) is 0. The van der Waals surface area contributed by atoms with Gasteiger partial charge in [-0.1, -0.05) is 85.0 Å². The summed E-state index contributed by atoms with van der Waals surface area (Å²) in [6, 6.07) is 18.6. The van der Waals surface area contributed by atoms with Gasteiger partial charge in [0.25, 0.3) is 0 Å². The van der Waals surface area contributed by atoms with Crippen molar-refractivity contribution < 1.29 is 18.8 Å². The fourth-order valence-electron chi connectivity index (χ4n) is 6.82. The molecule has 3 aliphatic heterocycles. The van der Waals surface area contributed by atoms with E-state index in [0.717, 1.165) is 56.4 Å². The van der Waals surface area contributed by atoms with Gasteiger partial charge in [-0.3, -0.25) is 0 Å². The zero-order valence-corrected chi connectivity index (χ0v) is 21.4. The van der Waals surface area contributed by atoms with Crippen LogP contribution in [0.15, 0.2) is 161 Å². The molecule has 0 fully saturated rings. The standard InChI is InChI=1S/C35H23N2O3/c38-35-37-29-20-32-25(24-13-5-7-15-30(24)39-32)19-28(29)36(26-14-6-4-12-23(26)21-9-2-1-3-10-21)27-18-17-22-11-8-16-31(40-35)33(22)34(27)37/h1-20,29-30,33H/q+1. The van der Waals surface area contributed by atoms with Gasteiger partial charge >= 0.3 is 6.09 Å². The minimum absolute atomic E-state index is 0.123. The third-order valence-corrected chi connectivity index (χ3v) is 8.52.